The average molecular weight is 424 g/mol. The van der Waals surface area contributed by atoms with Crippen LogP contribution in [0.5, 0.6) is 5.75 Å². The maximum absolute atomic E-state index is 12.7. The van der Waals surface area contributed by atoms with Crippen LogP contribution in [0.3, 0.4) is 0 Å². The Labute approximate surface area is 145 Å². The molecule has 0 saturated heterocycles. The van der Waals surface area contributed by atoms with Crippen LogP contribution in [0.4, 0.5) is 0 Å². The molecule has 0 radical (unpaired) electrons. The third-order valence-corrected chi connectivity index (χ3v) is 4.46. The predicted molar refractivity (Wildman–Crippen MR) is 98.2 cm³/mol. The molecular weight excluding hydrogens is 411 g/mol. The lowest BCUT2D eigenvalue weighted by Crippen LogP contribution is -2.23. The molecule has 4 nitrogen and oxygen atoms in total. The quantitative estimate of drug-likeness (QED) is 0.515. The molecule has 0 aliphatic rings. The van der Waals surface area contributed by atoms with E-state index >= 15 is 0 Å². The van der Waals surface area contributed by atoms with E-state index in [2.05, 4.69) is 27.6 Å². The van der Waals surface area contributed by atoms with Gasteiger partial charge in [-0.15, -0.1) is 0 Å². The van der Waals surface area contributed by atoms with Crippen LogP contribution in [0.15, 0.2) is 47.3 Å². The average Bonchev–Trinajstić information content (AvgIpc) is 2.52. The monoisotopic (exact) mass is 424 g/mol. The summed E-state index contributed by atoms with van der Waals surface area (Å²) in [5.74, 6) is 0.742. The molecule has 112 valence electrons. The highest BCUT2D eigenvalue weighted by Crippen LogP contribution is 2.19. The van der Waals surface area contributed by atoms with Crippen molar-refractivity contribution in [2.45, 2.75) is 6.54 Å². The van der Waals surface area contributed by atoms with Gasteiger partial charge in [0, 0.05) is 9.13 Å². The molecule has 1 N–H and O–H groups in total. The lowest BCUT2D eigenvalue weighted by Gasteiger charge is -2.11. The van der Waals surface area contributed by atoms with Crippen molar-refractivity contribution in [2.24, 2.45) is 0 Å². The van der Waals surface area contributed by atoms with E-state index in [1.807, 2.05) is 42.5 Å². The minimum Gasteiger partial charge on any atom is -0.496 e. The number of hydrogen-bond donors (Lipinski definition) is 1. The number of fused-ring (bicyclic) bond motifs is 1. The van der Waals surface area contributed by atoms with Gasteiger partial charge >= 0.3 is 0 Å². The van der Waals surface area contributed by atoms with Gasteiger partial charge < -0.3 is 9.72 Å². The van der Waals surface area contributed by atoms with Crippen LogP contribution >= 0.6 is 34.8 Å². The molecule has 0 amide bonds. The molecule has 0 aliphatic heterocycles. The zero-order valence-electron chi connectivity index (χ0n) is 11.8. The number of aromatic nitrogens is 2. The summed E-state index contributed by atoms with van der Waals surface area (Å²) < 4.78 is 8.32. The van der Waals surface area contributed by atoms with Gasteiger partial charge in [-0.3, -0.25) is 9.36 Å². The largest absolute Gasteiger partial charge is 0.496 e. The van der Waals surface area contributed by atoms with Crippen LogP contribution in [0, 0.1) is 8.34 Å². The van der Waals surface area contributed by atoms with Crippen molar-refractivity contribution in [2.75, 3.05) is 7.11 Å². The summed E-state index contributed by atoms with van der Waals surface area (Å²) in [6.45, 7) is 0.375. The van der Waals surface area contributed by atoms with Gasteiger partial charge in [0.1, 0.15) is 5.75 Å². The zero-order valence-corrected chi connectivity index (χ0v) is 14.8. The maximum atomic E-state index is 12.7. The van der Waals surface area contributed by atoms with Gasteiger partial charge in [-0.2, -0.15) is 0 Å². The number of halogens is 1. The second-order valence-corrected chi connectivity index (χ2v) is 6.46. The van der Waals surface area contributed by atoms with Gasteiger partial charge in [0.2, 0.25) is 0 Å². The Morgan fingerprint density at radius 2 is 2.05 bits per heavy atom. The molecule has 2 aromatic carbocycles. The Bertz CT molecular complexity index is 962. The van der Waals surface area contributed by atoms with Gasteiger partial charge in [-0.25, -0.2) is 0 Å². The summed E-state index contributed by atoms with van der Waals surface area (Å²) in [6.07, 6.45) is 0. The summed E-state index contributed by atoms with van der Waals surface area (Å²) >= 11 is 7.53. The van der Waals surface area contributed by atoms with E-state index in [4.69, 9.17) is 17.0 Å². The van der Waals surface area contributed by atoms with Crippen LogP contribution in [0.1, 0.15) is 5.56 Å². The van der Waals surface area contributed by atoms with Crippen LogP contribution in [0.25, 0.3) is 10.9 Å². The van der Waals surface area contributed by atoms with E-state index in [-0.39, 0.29) is 5.56 Å². The Balaban J connectivity index is 2.19. The fourth-order valence-corrected chi connectivity index (χ4v) is 3.12. The van der Waals surface area contributed by atoms with Crippen molar-refractivity contribution in [3.05, 3.63) is 66.7 Å². The minimum absolute atomic E-state index is 0.0943. The number of ether oxygens (including phenoxy) is 1. The summed E-state index contributed by atoms with van der Waals surface area (Å²) in [4.78, 5) is 15.9. The molecule has 6 heteroatoms. The molecule has 0 bridgehead atoms. The molecule has 1 aromatic heterocycles. The van der Waals surface area contributed by atoms with Crippen molar-refractivity contribution >= 4 is 45.7 Å². The van der Waals surface area contributed by atoms with Crippen molar-refractivity contribution < 1.29 is 4.74 Å². The molecule has 0 unspecified atom stereocenters. The van der Waals surface area contributed by atoms with E-state index in [1.165, 1.54) is 0 Å². The lowest BCUT2D eigenvalue weighted by molar-refractivity contribution is 0.408. The maximum Gasteiger partial charge on any atom is 0.262 e. The van der Waals surface area contributed by atoms with E-state index in [9.17, 15) is 4.79 Å². The van der Waals surface area contributed by atoms with Crippen molar-refractivity contribution in [3.63, 3.8) is 0 Å². The second-order valence-electron chi connectivity index (χ2n) is 4.82. The number of rotatable bonds is 3. The van der Waals surface area contributed by atoms with Crippen molar-refractivity contribution in [3.8, 4) is 5.75 Å². The molecule has 3 rings (SSSR count). The van der Waals surface area contributed by atoms with Crippen molar-refractivity contribution in [1.29, 1.82) is 0 Å². The number of benzene rings is 2. The number of methoxy groups -OCH3 is 1. The van der Waals surface area contributed by atoms with Gasteiger partial charge in [-0.05, 0) is 59.1 Å². The lowest BCUT2D eigenvalue weighted by atomic mass is 10.2. The van der Waals surface area contributed by atoms with Crippen LogP contribution in [-0.4, -0.2) is 16.7 Å². The van der Waals surface area contributed by atoms with E-state index in [0.29, 0.717) is 16.7 Å². The number of aromatic amines is 1. The number of nitrogens with zero attached hydrogens (tertiary/aromatic N) is 1. The molecule has 0 saturated carbocycles. The second kappa shape index (κ2) is 6.21. The summed E-state index contributed by atoms with van der Waals surface area (Å²) in [7, 11) is 1.62. The third-order valence-electron chi connectivity index (χ3n) is 3.46. The number of hydrogen-bond acceptors (Lipinski definition) is 3. The Morgan fingerprint density at radius 1 is 1.27 bits per heavy atom. The summed E-state index contributed by atoms with van der Waals surface area (Å²) in [6, 6.07) is 13.3. The molecule has 1 heterocycles. The molecule has 0 atom stereocenters. The van der Waals surface area contributed by atoms with Gasteiger partial charge in [-0.1, -0.05) is 18.2 Å². The molecule has 3 aromatic rings. The normalized spacial score (nSPS) is 10.8. The highest BCUT2D eigenvalue weighted by molar-refractivity contribution is 14.1. The summed E-state index contributed by atoms with van der Waals surface area (Å²) in [5, 5.41) is 0.635. The van der Waals surface area contributed by atoms with Crippen LogP contribution < -0.4 is 10.3 Å². The van der Waals surface area contributed by atoms with Gasteiger partial charge in [0.15, 0.2) is 4.77 Å². The van der Waals surface area contributed by atoms with Crippen molar-refractivity contribution in [1.82, 2.24) is 9.55 Å². The zero-order chi connectivity index (χ0) is 15.7. The highest BCUT2D eigenvalue weighted by atomic mass is 127. The SMILES string of the molecule is COc1ccccc1Cn1c(=S)[nH]c2ccc(I)cc2c1=O. The Hall–Kier alpha value is -1.67. The molecule has 22 heavy (non-hydrogen) atoms. The Kier molecular flexibility index (Phi) is 4.30. The first kappa shape index (κ1) is 15.2. The van der Waals surface area contributed by atoms with E-state index < -0.39 is 0 Å². The first-order chi connectivity index (χ1) is 10.6. The molecular formula is C16H13IN2O2S. The smallest absolute Gasteiger partial charge is 0.262 e. The fraction of sp³-hybridized carbons (Fsp3) is 0.125. The van der Waals surface area contributed by atoms with Crippen LogP contribution in [0.2, 0.25) is 0 Å². The van der Waals surface area contributed by atoms with Gasteiger partial charge in [0.25, 0.3) is 5.56 Å². The fourth-order valence-electron chi connectivity index (χ4n) is 2.37. The number of H-pyrrole nitrogens is 1. The highest BCUT2D eigenvalue weighted by Gasteiger charge is 2.09. The van der Waals surface area contributed by atoms with Gasteiger partial charge in [0.05, 0.1) is 24.6 Å². The van der Waals surface area contributed by atoms with E-state index in [0.717, 1.165) is 20.4 Å². The number of nitrogens with one attached hydrogen (secondary N) is 1. The molecule has 0 fully saturated rings. The Morgan fingerprint density at radius 3 is 2.82 bits per heavy atom. The minimum atomic E-state index is -0.0943. The third kappa shape index (κ3) is 2.80. The predicted octanol–water partition coefficient (Wildman–Crippen LogP) is 3.72. The standard InChI is InChI=1S/C16H13IN2O2S/c1-21-14-5-3-2-4-10(14)9-19-15(20)12-8-11(17)6-7-13(12)18-16(19)22/h2-8H,9H2,1H3,(H,18,22). The van der Waals surface area contributed by atoms with E-state index in [1.54, 1.807) is 11.7 Å². The number of para-hydroxylation sites is 1. The molecule has 0 spiro atoms. The van der Waals surface area contributed by atoms with Crippen LogP contribution in [-0.2, 0) is 6.54 Å². The molecule has 0 aliphatic carbocycles. The summed E-state index contributed by atoms with van der Waals surface area (Å²) in [5.41, 5.74) is 1.58. The topological polar surface area (TPSA) is 47.0 Å². The first-order valence-electron chi connectivity index (χ1n) is 6.64. The first-order valence-corrected chi connectivity index (χ1v) is 8.13.